The van der Waals surface area contributed by atoms with Gasteiger partial charge >= 0.3 is 5.95 Å². The molecule has 1 aromatic heterocycles. The predicted molar refractivity (Wildman–Crippen MR) is 81.3 cm³/mol. The summed E-state index contributed by atoms with van der Waals surface area (Å²) in [7, 11) is 0. The van der Waals surface area contributed by atoms with Crippen LogP contribution in [0, 0.1) is 32.3 Å². The molecular formula is C17H12FIrN4-. The van der Waals surface area contributed by atoms with Gasteiger partial charge in [0.05, 0.1) is 5.69 Å². The Kier molecular flexibility index (Phi) is 5.05. The molecule has 1 heterocycles. The van der Waals surface area contributed by atoms with Crippen LogP contribution >= 0.6 is 0 Å². The maximum atomic E-state index is 14.1. The first-order valence-corrected chi connectivity index (χ1v) is 6.69. The summed E-state index contributed by atoms with van der Waals surface area (Å²) >= 11 is 0. The van der Waals surface area contributed by atoms with E-state index < -0.39 is 5.82 Å². The second-order valence-electron chi connectivity index (χ2n) is 4.90. The van der Waals surface area contributed by atoms with E-state index in [-0.39, 0.29) is 37.4 Å². The first-order chi connectivity index (χ1) is 10.6. The third-order valence-corrected chi connectivity index (χ3v) is 3.44. The van der Waals surface area contributed by atoms with Gasteiger partial charge in [-0.05, 0) is 30.1 Å². The summed E-state index contributed by atoms with van der Waals surface area (Å²) in [6.07, 6.45) is 0. The first-order valence-electron chi connectivity index (χ1n) is 6.69. The minimum absolute atomic E-state index is 0. The average Bonchev–Trinajstić information content (AvgIpc) is 2.91. The molecule has 1 radical (unpaired) electrons. The third kappa shape index (κ3) is 2.94. The van der Waals surface area contributed by atoms with Crippen LogP contribution in [0.3, 0.4) is 0 Å². The van der Waals surface area contributed by atoms with Gasteiger partial charge in [-0.15, -0.1) is 35.9 Å². The zero-order valence-electron chi connectivity index (χ0n) is 12.5. The van der Waals surface area contributed by atoms with Gasteiger partial charge in [0.1, 0.15) is 5.82 Å². The Morgan fingerprint density at radius 3 is 2.43 bits per heavy atom. The van der Waals surface area contributed by atoms with Crippen LogP contribution < -0.4 is 0 Å². The molecule has 0 aliphatic carbocycles. The largest absolute Gasteiger partial charge is 0.395 e. The number of para-hydroxylation sites is 1. The van der Waals surface area contributed by atoms with Gasteiger partial charge in [-0.2, -0.15) is 0 Å². The molecule has 6 heteroatoms. The zero-order chi connectivity index (χ0) is 15.7. The fourth-order valence-corrected chi connectivity index (χ4v) is 2.46. The summed E-state index contributed by atoms with van der Waals surface area (Å²) in [6.45, 7) is 11.2. The normalized spacial score (nSPS) is 10.0. The molecule has 0 N–H and O–H groups in total. The fraction of sp³-hybridized carbons (Fsp3) is 0.118. The first kappa shape index (κ1) is 17.0. The minimum Gasteiger partial charge on any atom is -0.395 e. The Morgan fingerprint density at radius 2 is 1.83 bits per heavy atom. The minimum atomic E-state index is -0.445. The van der Waals surface area contributed by atoms with Crippen molar-refractivity contribution in [1.29, 1.82) is 0 Å². The zero-order valence-corrected chi connectivity index (χ0v) is 14.9. The third-order valence-electron chi connectivity index (χ3n) is 3.44. The fourth-order valence-electron chi connectivity index (χ4n) is 2.46. The van der Waals surface area contributed by atoms with Crippen LogP contribution in [-0.2, 0) is 20.1 Å². The number of benzene rings is 2. The Bertz CT molecular complexity index is 876. The Labute approximate surface area is 147 Å². The van der Waals surface area contributed by atoms with E-state index >= 15 is 0 Å². The molecule has 2 aromatic carbocycles. The SMILES string of the molecule is [C-]#[N+]c1nnc(-c2[c-]cccc2F)n1-c1c(C)cccc1C.[Ir]. The summed E-state index contributed by atoms with van der Waals surface area (Å²) in [6, 6.07) is 13.2. The van der Waals surface area contributed by atoms with Crippen LogP contribution in [-0.4, -0.2) is 14.8 Å². The van der Waals surface area contributed by atoms with Gasteiger partial charge in [0, 0.05) is 25.9 Å². The molecule has 0 spiro atoms. The summed E-state index contributed by atoms with van der Waals surface area (Å²) in [4.78, 5) is 3.41. The Morgan fingerprint density at radius 1 is 1.13 bits per heavy atom. The molecule has 117 valence electrons. The van der Waals surface area contributed by atoms with E-state index in [1.165, 1.54) is 6.07 Å². The number of hydrogen-bond donors (Lipinski definition) is 0. The molecule has 0 bridgehead atoms. The molecule has 0 aliphatic heterocycles. The summed E-state index contributed by atoms with van der Waals surface area (Å²) in [5.41, 5.74) is 2.92. The van der Waals surface area contributed by atoms with Crippen LogP contribution in [0.25, 0.3) is 21.9 Å². The number of aryl methyl sites for hydroxylation is 2. The van der Waals surface area contributed by atoms with Gasteiger partial charge in [0.2, 0.25) is 0 Å². The maximum absolute atomic E-state index is 14.1. The van der Waals surface area contributed by atoms with Crippen molar-refractivity contribution in [2.45, 2.75) is 13.8 Å². The molecular weight excluding hydrogens is 471 g/mol. The van der Waals surface area contributed by atoms with Gasteiger partial charge in [-0.25, -0.2) is 0 Å². The molecule has 4 nitrogen and oxygen atoms in total. The van der Waals surface area contributed by atoms with Crippen LogP contribution in [0.1, 0.15) is 11.1 Å². The summed E-state index contributed by atoms with van der Waals surface area (Å²) < 4.78 is 15.7. The van der Waals surface area contributed by atoms with Crippen molar-refractivity contribution >= 4 is 5.95 Å². The number of halogens is 1. The van der Waals surface area contributed by atoms with E-state index in [1.807, 2.05) is 32.0 Å². The van der Waals surface area contributed by atoms with Crippen LogP contribution in [0.2, 0.25) is 0 Å². The van der Waals surface area contributed by atoms with E-state index in [2.05, 4.69) is 21.1 Å². The van der Waals surface area contributed by atoms with E-state index in [9.17, 15) is 4.39 Å². The number of nitrogens with zero attached hydrogens (tertiary/aromatic N) is 4. The van der Waals surface area contributed by atoms with Crippen LogP contribution in [0.5, 0.6) is 0 Å². The summed E-state index contributed by atoms with van der Waals surface area (Å²) in [5, 5.41) is 7.89. The van der Waals surface area contributed by atoms with Crippen molar-refractivity contribution in [3.8, 4) is 17.1 Å². The van der Waals surface area contributed by atoms with Gasteiger partial charge < -0.3 is 4.85 Å². The molecule has 0 atom stereocenters. The maximum Gasteiger partial charge on any atom is 0.357 e. The van der Waals surface area contributed by atoms with Crippen molar-refractivity contribution in [3.63, 3.8) is 0 Å². The molecule has 3 aromatic rings. The molecule has 23 heavy (non-hydrogen) atoms. The van der Waals surface area contributed by atoms with Gasteiger partial charge in [-0.3, -0.25) is 8.96 Å². The number of hydrogen-bond acceptors (Lipinski definition) is 2. The average molecular weight is 484 g/mol. The molecule has 0 saturated carbocycles. The Balaban J connectivity index is 0.00000192. The quantitative estimate of drug-likeness (QED) is 0.516. The second kappa shape index (κ2) is 6.82. The second-order valence-corrected chi connectivity index (χ2v) is 4.90. The number of rotatable bonds is 2. The van der Waals surface area contributed by atoms with Crippen molar-refractivity contribution in [2.75, 3.05) is 0 Å². The van der Waals surface area contributed by atoms with Gasteiger partial charge in [0.15, 0.2) is 0 Å². The van der Waals surface area contributed by atoms with E-state index in [0.717, 1.165) is 16.8 Å². The van der Waals surface area contributed by atoms with E-state index in [0.29, 0.717) is 0 Å². The predicted octanol–water partition coefficient (Wildman–Crippen LogP) is 4.04. The molecule has 0 amide bonds. The van der Waals surface area contributed by atoms with E-state index in [1.54, 1.807) is 16.7 Å². The molecule has 0 fully saturated rings. The van der Waals surface area contributed by atoms with Crippen molar-refractivity contribution in [1.82, 2.24) is 14.8 Å². The molecule has 0 saturated heterocycles. The van der Waals surface area contributed by atoms with Crippen molar-refractivity contribution < 1.29 is 24.5 Å². The van der Waals surface area contributed by atoms with E-state index in [4.69, 9.17) is 6.57 Å². The Hall–Kier alpha value is -2.35. The van der Waals surface area contributed by atoms with Crippen LogP contribution in [0.15, 0.2) is 36.4 Å². The molecule has 3 rings (SSSR count). The van der Waals surface area contributed by atoms with Crippen LogP contribution in [0.4, 0.5) is 10.3 Å². The standard InChI is InChI=1S/C17H12FN4.Ir/c1-11-7-6-8-12(2)15(11)22-16(20-21-17(22)19-3)13-9-4-5-10-14(13)18;/h4-8,10H,1-2H3;/q-1;. The number of aromatic nitrogens is 3. The summed E-state index contributed by atoms with van der Waals surface area (Å²) in [5.74, 6) is -0.0653. The van der Waals surface area contributed by atoms with Gasteiger partial charge in [0.25, 0.3) is 0 Å². The smallest absolute Gasteiger partial charge is 0.357 e. The van der Waals surface area contributed by atoms with Crippen molar-refractivity contribution in [2.24, 2.45) is 0 Å². The van der Waals surface area contributed by atoms with Crippen molar-refractivity contribution in [3.05, 3.63) is 70.8 Å². The monoisotopic (exact) mass is 484 g/mol. The molecule has 0 aliphatic rings. The molecule has 0 unspecified atom stereocenters. The van der Waals surface area contributed by atoms with Gasteiger partial charge in [-0.1, -0.05) is 23.8 Å². The topological polar surface area (TPSA) is 35.1 Å².